The van der Waals surface area contributed by atoms with Gasteiger partial charge in [-0.15, -0.1) is 0 Å². The first-order valence-electron chi connectivity index (χ1n) is 12.0. The third kappa shape index (κ3) is 3.35. The minimum absolute atomic E-state index is 0.0622. The third-order valence-corrected chi connectivity index (χ3v) is 8.38. The fourth-order valence-corrected chi connectivity index (χ4v) is 6.46. The lowest BCUT2D eigenvalue weighted by atomic mass is 9.49. The van der Waals surface area contributed by atoms with Gasteiger partial charge in [0.15, 0.2) is 5.78 Å². The molecule has 1 fully saturated rings. The molecule has 3 aromatic rings. The lowest BCUT2D eigenvalue weighted by Crippen LogP contribution is -2.53. The topological polar surface area (TPSA) is 69.4 Å². The first-order valence-corrected chi connectivity index (χ1v) is 12.0. The van der Waals surface area contributed by atoms with Crippen LogP contribution >= 0.6 is 0 Å². The summed E-state index contributed by atoms with van der Waals surface area (Å²) in [6.07, 6.45) is 2.93. The van der Waals surface area contributed by atoms with Crippen molar-refractivity contribution < 1.29 is 14.3 Å². The van der Waals surface area contributed by atoms with E-state index >= 15 is 0 Å². The number of nitrogen functional groups attached to an aromatic ring is 1. The van der Waals surface area contributed by atoms with Crippen molar-refractivity contribution in [2.45, 2.75) is 44.9 Å². The van der Waals surface area contributed by atoms with Gasteiger partial charge in [-0.3, -0.25) is 9.59 Å². The van der Waals surface area contributed by atoms with Crippen molar-refractivity contribution in [3.8, 4) is 22.3 Å². The standard InChI is InChI=1S/C30H31NO3/c1-29-14-7-15-30(2,28(33)34-3)27(29)18-26(32)23-17-25(31)22(16-24(23)29)21-12-10-20(11-13-21)19-8-5-4-6-9-19/h4-6,8-13,16-17,27H,7,14-15,18,31H2,1-3H3/t27-,29-,30-/m1/s1. The molecule has 0 heterocycles. The van der Waals surface area contributed by atoms with E-state index in [0.29, 0.717) is 17.7 Å². The minimum Gasteiger partial charge on any atom is -0.469 e. The van der Waals surface area contributed by atoms with Gasteiger partial charge >= 0.3 is 5.97 Å². The predicted molar refractivity (Wildman–Crippen MR) is 135 cm³/mol. The third-order valence-electron chi connectivity index (χ3n) is 8.38. The zero-order valence-corrected chi connectivity index (χ0v) is 20.1. The molecule has 3 aromatic carbocycles. The molecule has 4 nitrogen and oxygen atoms in total. The van der Waals surface area contributed by atoms with Gasteiger partial charge in [-0.1, -0.05) is 67.9 Å². The molecule has 0 spiro atoms. The van der Waals surface area contributed by atoms with Gasteiger partial charge in [-0.25, -0.2) is 0 Å². The van der Waals surface area contributed by atoms with Crippen molar-refractivity contribution in [1.29, 1.82) is 0 Å². The number of fused-ring (bicyclic) bond motifs is 3. The molecule has 4 heteroatoms. The fourth-order valence-electron chi connectivity index (χ4n) is 6.46. The summed E-state index contributed by atoms with van der Waals surface area (Å²) in [5.41, 5.74) is 12.1. The number of hydrogen-bond donors (Lipinski definition) is 1. The van der Waals surface area contributed by atoms with Crippen LogP contribution in [0, 0.1) is 11.3 Å². The Hall–Kier alpha value is -3.40. The molecule has 0 radical (unpaired) electrons. The van der Waals surface area contributed by atoms with E-state index in [1.54, 1.807) is 0 Å². The van der Waals surface area contributed by atoms with E-state index in [0.717, 1.165) is 47.1 Å². The maximum absolute atomic E-state index is 13.3. The predicted octanol–water partition coefficient (Wildman–Crippen LogP) is 6.43. The van der Waals surface area contributed by atoms with E-state index in [-0.39, 0.29) is 23.1 Å². The van der Waals surface area contributed by atoms with Gasteiger partial charge in [-0.2, -0.15) is 0 Å². The van der Waals surface area contributed by atoms with Crippen LogP contribution in [0.1, 0.15) is 55.5 Å². The number of ether oxygens (including phenoxy) is 1. The summed E-state index contributed by atoms with van der Waals surface area (Å²) < 4.78 is 5.20. The molecule has 0 aromatic heterocycles. The van der Waals surface area contributed by atoms with Gasteiger partial charge in [0, 0.05) is 23.2 Å². The molecular weight excluding hydrogens is 422 g/mol. The van der Waals surface area contributed by atoms with E-state index in [9.17, 15) is 9.59 Å². The Labute approximate surface area is 201 Å². The van der Waals surface area contributed by atoms with E-state index < -0.39 is 5.41 Å². The molecular formula is C30H31NO3. The second kappa shape index (κ2) is 8.12. The number of carbonyl (C=O) groups is 2. The monoisotopic (exact) mass is 453 g/mol. The van der Waals surface area contributed by atoms with Crippen molar-refractivity contribution in [2.24, 2.45) is 11.3 Å². The van der Waals surface area contributed by atoms with E-state index in [2.05, 4.69) is 49.4 Å². The Morgan fingerprint density at radius 1 is 0.912 bits per heavy atom. The number of methoxy groups -OCH3 is 1. The molecule has 0 unspecified atom stereocenters. The molecule has 0 bridgehead atoms. The summed E-state index contributed by atoms with van der Waals surface area (Å²) in [5, 5.41) is 0. The maximum Gasteiger partial charge on any atom is 0.311 e. The van der Waals surface area contributed by atoms with E-state index in [1.165, 1.54) is 7.11 Å². The van der Waals surface area contributed by atoms with Crippen molar-refractivity contribution in [3.05, 3.63) is 77.9 Å². The van der Waals surface area contributed by atoms with Crippen LogP contribution in [0.15, 0.2) is 66.7 Å². The van der Waals surface area contributed by atoms with Crippen LogP contribution in [-0.4, -0.2) is 18.9 Å². The second-order valence-corrected chi connectivity index (χ2v) is 10.3. The molecule has 2 aliphatic rings. The number of Topliss-reactive ketones (excluding diaryl/α,β-unsaturated/α-hetero) is 1. The first-order chi connectivity index (χ1) is 16.3. The van der Waals surface area contributed by atoms with Gasteiger partial charge in [-0.05, 0) is 65.5 Å². The number of carbonyl (C=O) groups excluding carboxylic acids is 2. The number of nitrogens with two attached hydrogens (primary N) is 1. The fraction of sp³-hybridized carbons (Fsp3) is 0.333. The molecule has 1 saturated carbocycles. The summed E-state index contributed by atoms with van der Waals surface area (Å²) in [6, 6.07) is 22.6. The van der Waals surface area contributed by atoms with Crippen LogP contribution in [0.4, 0.5) is 5.69 Å². The zero-order valence-electron chi connectivity index (χ0n) is 20.1. The highest BCUT2D eigenvalue weighted by atomic mass is 16.5. The number of hydrogen-bond acceptors (Lipinski definition) is 4. The number of ketones is 1. The highest BCUT2D eigenvalue weighted by Crippen LogP contribution is 2.58. The Morgan fingerprint density at radius 2 is 1.56 bits per heavy atom. The summed E-state index contributed by atoms with van der Waals surface area (Å²) >= 11 is 0. The van der Waals surface area contributed by atoms with Crippen LogP contribution in [0.3, 0.4) is 0 Å². The van der Waals surface area contributed by atoms with Gasteiger partial charge in [0.2, 0.25) is 0 Å². The van der Waals surface area contributed by atoms with E-state index in [4.69, 9.17) is 10.5 Å². The van der Waals surface area contributed by atoms with Crippen molar-refractivity contribution in [1.82, 2.24) is 0 Å². The Bertz CT molecular complexity index is 1260. The molecule has 2 aliphatic carbocycles. The number of benzene rings is 3. The quantitative estimate of drug-likeness (QED) is 0.367. The van der Waals surface area contributed by atoms with Crippen LogP contribution in [-0.2, 0) is 14.9 Å². The number of anilines is 1. The SMILES string of the molecule is COC(=O)[C@]1(C)CCC[C@]2(C)c3cc(-c4ccc(-c5ccccc5)cc4)c(N)cc3C(=O)C[C@@H]12. The molecule has 5 rings (SSSR count). The maximum atomic E-state index is 13.3. The van der Waals surface area contributed by atoms with Gasteiger partial charge in [0.05, 0.1) is 12.5 Å². The molecule has 3 atom stereocenters. The average molecular weight is 454 g/mol. The Kier molecular flexibility index (Phi) is 5.35. The Morgan fingerprint density at radius 3 is 2.24 bits per heavy atom. The second-order valence-electron chi connectivity index (χ2n) is 10.3. The lowest BCUT2D eigenvalue weighted by Gasteiger charge is -2.53. The summed E-state index contributed by atoms with van der Waals surface area (Å²) in [7, 11) is 1.44. The molecule has 34 heavy (non-hydrogen) atoms. The van der Waals surface area contributed by atoms with Gasteiger partial charge in [0.25, 0.3) is 0 Å². The van der Waals surface area contributed by atoms with Crippen LogP contribution < -0.4 is 5.73 Å². The first kappa shape index (κ1) is 22.4. The normalized spacial score (nSPS) is 25.9. The van der Waals surface area contributed by atoms with Crippen LogP contribution in [0.25, 0.3) is 22.3 Å². The highest BCUT2D eigenvalue weighted by molar-refractivity contribution is 6.02. The lowest BCUT2D eigenvalue weighted by molar-refractivity contribution is -0.160. The number of esters is 1. The molecule has 2 N–H and O–H groups in total. The van der Waals surface area contributed by atoms with Crippen LogP contribution in [0.2, 0.25) is 0 Å². The van der Waals surface area contributed by atoms with E-state index in [1.807, 2.05) is 31.2 Å². The highest BCUT2D eigenvalue weighted by Gasteiger charge is 2.57. The Balaban J connectivity index is 1.60. The van der Waals surface area contributed by atoms with Crippen LogP contribution in [0.5, 0.6) is 0 Å². The average Bonchev–Trinajstić information content (AvgIpc) is 2.85. The minimum atomic E-state index is -0.673. The van der Waals surface area contributed by atoms with Crippen molar-refractivity contribution in [2.75, 3.05) is 12.8 Å². The van der Waals surface area contributed by atoms with Gasteiger partial charge < -0.3 is 10.5 Å². The largest absolute Gasteiger partial charge is 0.469 e. The van der Waals surface area contributed by atoms with Crippen molar-refractivity contribution in [3.63, 3.8) is 0 Å². The zero-order chi connectivity index (χ0) is 24.1. The molecule has 0 amide bonds. The summed E-state index contributed by atoms with van der Waals surface area (Å²) in [6.45, 7) is 4.18. The molecule has 0 saturated heterocycles. The molecule has 174 valence electrons. The summed E-state index contributed by atoms with van der Waals surface area (Å²) in [5.74, 6) is -0.253. The smallest absolute Gasteiger partial charge is 0.311 e. The van der Waals surface area contributed by atoms with Crippen molar-refractivity contribution >= 4 is 17.4 Å². The van der Waals surface area contributed by atoms with Gasteiger partial charge in [0.1, 0.15) is 0 Å². The molecule has 0 aliphatic heterocycles. The number of rotatable bonds is 3. The summed E-state index contributed by atoms with van der Waals surface area (Å²) in [4.78, 5) is 26.1.